The van der Waals surface area contributed by atoms with Gasteiger partial charge >= 0.3 is 0 Å². The largest absolute Gasteiger partial charge is 0.381 e. The lowest BCUT2D eigenvalue weighted by Gasteiger charge is -2.27. The van der Waals surface area contributed by atoms with E-state index in [-0.39, 0.29) is 0 Å². The van der Waals surface area contributed by atoms with E-state index >= 15 is 0 Å². The van der Waals surface area contributed by atoms with E-state index in [0.29, 0.717) is 6.04 Å². The van der Waals surface area contributed by atoms with Crippen LogP contribution in [0.5, 0.6) is 0 Å². The lowest BCUT2D eigenvalue weighted by molar-refractivity contribution is 0.0567. The Labute approximate surface area is 86.2 Å². The fraction of sp³-hybridized carbons (Fsp3) is 1.00. The van der Waals surface area contributed by atoms with Crippen LogP contribution >= 0.6 is 0 Å². The molecule has 2 aliphatic rings. The Kier molecular flexibility index (Phi) is 4.22. The molecule has 2 fully saturated rings. The minimum atomic E-state index is 0.701. The van der Waals surface area contributed by atoms with Crippen molar-refractivity contribution in [2.24, 2.45) is 5.92 Å². The number of nitrogens with one attached hydrogen (secondary N) is 1. The van der Waals surface area contributed by atoms with Crippen LogP contribution in [0.3, 0.4) is 0 Å². The highest BCUT2D eigenvalue weighted by Crippen LogP contribution is 2.14. The maximum Gasteiger partial charge on any atom is 0.0480 e. The molecule has 0 atom stereocenters. The lowest BCUT2D eigenvalue weighted by Crippen LogP contribution is -2.38. The molecule has 0 aliphatic carbocycles. The van der Waals surface area contributed by atoms with E-state index < -0.39 is 0 Å². The average Bonchev–Trinajstić information content (AvgIpc) is 2.29. The predicted octanol–water partition coefficient (Wildman–Crippen LogP) is 1.18. The zero-order valence-electron chi connectivity index (χ0n) is 8.84. The molecule has 14 heavy (non-hydrogen) atoms. The van der Waals surface area contributed by atoms with E-state index in [4.69, 9.17) is 9.47 Å². The van der Waals surface area contributed by atoms with Gasteiger partial charge in [-0.3, -0.25) is 0 Å². The highest BCUT2D eigenvalue weighted by atomic mass is 16.5. The molecule has 3 heteroatoms. The van der Waals surface area contributed by atoms with Gasteiger partial charge in [0.1, 0.15) is 0 Å². The summed E-state index contributed by atoms with van der Waals surface area (Å²) in [6, 6.07) is 0.701. The first-order chi connectivity index (χ1) is 6.95. The summed E-state index contributed by atoms with van der Waals surface area (Å²) in [4.78, 5) is 0. The molecule has 0 aromatic carbocycles. The zero-order valence-corrected chi connectivity index (χ0v) is 8.84. The fourth-order valence-electron chi connectivity index (χ4n) is 2.19. The van der Waals surface area contributed by atoms with Crippen LogP contribution in [0.4, 0.5) is 0 Å². The van der Waals surface area contributed by atoms with Crippen molar-refractivity contribution in [1.29, 1.82) is 0 Å². The number of ether oxygens (including phenoxy) is 2. The summed E-state index contributed by atoms with van der Waals surface area (Å²) in [5.74, 6) is 0.839. The maximum atomic E-state index is 5.34. The normalized spacial score (nSPS) is 26.6. The first-order valence-electron chi connectivity index (χ1n) is 5.84. The van der Waals surface area contributed by atoms with Crippen LogP contribution in [0.25, 0.3) is 0 Å². The second kappa shape index (κ2) is 5.69. The Morgan fingerprint density at radius 2 is 1.43 bits per heavy atom. The average molecular weight is 199 g/mol. The monoisotopic (exact) mass is 199 g/mol. The number of rotatable bonds is 3. The van der Waals surface area contributed by atoms with Gasteiger partial charge in [0.25, 0.3) is 0 Å². The Bertz CT molecular complexity index is 133. The minimum absolute atomic E-state index is 0.701. The summed E-state index contributed by atoms with van der Waals surface area (Å²) in [6.45, 7) is 4.96. The summed E-state index contributed by atoms with van der Waals surface area (Å²) in [5.41, 5.74) is 0. The van der Waals surface area contributed by atoms with Crippen LogP contribution in [0, 0.1) is 5.92 Å². The fourth-order valence-corrected chi connectivity index (χ4v) is 2.19. The van der Waals surface area contributed by atoms with Crippen molar-refractivity contribution < 1.29 is 9.47 Å². The molecule has 0 amide bonds. The van der Waals surface area contributed by atoms with Crippen molar-refractivity contribution in [2.75, 3.05) is 33.0 Å². The SMILES string of the molecule is C1CC(CNC2CCOCC2)CCO1. The lowest BCUT2D eigenvalue weighted by atomic mass is 9.99. The summed E-state index contributed by atoms with van der Waals surface area (Å²) in [6.07, 6.45) is 4.83. The topological polar surface area (TPSA) is 30.5 Å². The molecule has 2 aliphatic heterocycles. The Balaban J connectivity index is 1.60. The Hall–Kier alpha value is -0.120. The van der Waals surface area contributed by atoms with Crippen molar-refractivity contribution >= 4 is 0 Å². The molecule has 0 bridgehead atoms. The summed E-state index contributed by atoms with van der Waals surface area (Å²) in [7, 11) is 0. The molecule has 0 radical (unpaired) electrons. The number of hydrogen-bond acceptors (Lipinski definition) is 3. The third-order valence-corrected chi connectivity index (χ3v) is 3.26. The van der Waals surface area contributed by atoms with Gasteiger partial charge in [0, 0.05) is 32.5 Å². The minimum Gasteiger partial charge on any atom is -0.381 e. The third-order valence-electron chi connectivity index (χ3n) is 3.26. The summed E-state index contributed by atoms with van der Waals surface area (Å²) >= 11 is 0. The van der Waals surface area contributed by atoms with E-state index in [1.165, 1.54) is 32.2 Å². The maximum absolute atomic E-state index is 5.34. The van der Waals surface area contributed by atoms with Crippen molar-refractivity contribution in [2.45, 2.75) is 31.7 Å². The van der Waals surface area contributed by atoms with Gasteiger partial charge in [-0.05, 0) is 38.1 Å². The van der Waals surface area contributed by atoms with Crippen LogP contribution in [-0.2, 0) is 9.47 Å². The van der Waals surface area contributed by atoms with Gasteiger partial charge in [-0.2, -0.15) is 0 Å². The van der Waals surface area contributed by atoms with Crippen molar-refractivity contribution in [3.63, 3.8) is 0 Å². The third kappa shape index (κ3) is 3.23. The molecule has 0 aromatic rings. The standard InChI is InChI=1S/C11H21NO2/c1-5-13-6-2-10(1)9-12-11-3-7-14-8-4-11/h10-12H,1-9H2. The molecular weight excluding hydrogens is 178 g/mol. The molecule has 0 aromatic heterocycles. The molecule has 2 heterocycles. The van der Waals surface area contributed by atoms with Crippen LogP contribution in [0.2, 0.25) is 0 Å². The van der Waals surface area contributed by atoms with E-state index in [2.05, 4.69) is 5.32 Å². The van der Waals surface area contributed by atoms with Crippen molar-refractivity contribution in [3.8, 4) is 0 Å². The quantitative estimate of drug-likeness (QED) is 0.740. The van der Waals surface area contributed by atoms with Gasteiger partial charge in [0.05, 0.1) is 0 Å². The molecule has 2 rings (SSSR count). The number of hydrogen-bond donors (Lipinski definition) is 1. The van der Waals surface area contributed by atoms with E-state index in [1.807, 2.05) is 0 Å². The van der Waals surface area contributed by atoms with Gasteiger partial charge in [-0.1, -0.05) is 0 Å². The highest BCUT2D eigenvalue weighted by molar-refractivity contribution is 4.73. The summed E-state index contributed by atoms with van der Waals surface area (Å²) < 4.78 is 10.7. The first kappa shape index (κ1) is 10.4. The molecule has 0 unspecified atom stereocenters. The van der Waals surface area contributed by atoms with Gasteiger partial charge in [-0.15, -0.1) is 0 Å². The van der Waals surface area contributed by atoms with E-state index in [0.717, 1.165) is 32.3 Å². The van der Waals surface area contributed by atoms with Crippen LogP contribution in [0.1, 0.15) is 25.7 Å². The summed E-state index contributed by atoms with van der Waals surface area (Å²) in [5, 5.41) is 3.66. The van der Waals surface area contributed by atoms with E-state index in [9.17, 15) is 0 Å². The van der Waals surface area contributed by atoms with Crippen LogP contribution in [0.15, 0.2) is 0 Å². The second-order valence-electron chi connectivity index (χ2n) is 4.35. The van der Waals surface area contributed by atoms with Crippen molar-refractivity contribution in [3.05, 3.63) is 0 Å². The molecule has 2 saturated heterocycles. The molecule has 1 N–H and O–H groups in total. The van der Waals surface area contributed by atoms with Gasteiger partial charge in [0.2, 0.25) is 0 Å². The molecule has 3 nitrogen and oxygen atoms in total. The van der Waals surface area contributed by atoms with Crippen LogP contribution in [-0.4, -0.2) is 39.0 Å². The predicted molar refractivity (Wildman–Crippen MR) is 55.4 cm³/mol. The van der Waals surface area contributed by atoms with Crippen LogP contribution < -0.4 is 5.32 Å². The first-order valence-corrected chi connectivity index (χ1v) is 5.84. The second-order valence-corrected chi connectivity index (χ2v) is 4.35. The molecular formula is C11H21NO2. The van der Waals surface area contributed by atoms with Gasteiger partial charge in [0.15, 0.2) is 0 Å². The molecule has 0 spiro atoms. The Morgan fingerprint density at radius 1 is 0.857 bits per heavy atom. The van der Waals surface area contributed by atoms with Gasteiger partial charge < -0.3 is 14.8 Å². The molecule has 82 valence electrons. The van der Waals surface area contributed by atoms with E-state index in [1.54, 1.807) is 0 Å². The van der Waals surface area contributed by atoms with Gasteiger partial charge in [-0.25, -0.2) is 0 Å². The smallest absolute Gasteiger partial charge is 0.0480 e. The zero-order chi connectivity index (χ0) is 9.64. The van der Waals surface area contributed by atoms with Crippen molar-refractivity contribution in [1.82, 2.24) is 5.32 Å². The Morgan fingerprint density at radius 3 is 2.07 bits per heavy atom. The molecule has 0 saturated carbocycles. The highest BCUT2D eigenvalue weighted by Gasteiger charge is 2.17.